The van der Waals surface area contributed by atoms with Gasteiger partial charge in [-0.05, 0) is 36.2 Å². The van der Waals surface area contributed by atoms with E-state index >= 15 is 0 Å². The number of piperazine rings is 1. The van der Waals surface area contributed by atoms with E-state index in [9.17, 15) is 9.59 Å². The molecule has 2 saturated heterocycles. The molecule has 6 rings (SSSR count). The molecule has 172 valence electrons. The van der Waals surface area contributed by atoms with E-state index in [-0.39, 0.29) is 36.2 Å². The molecule has 3 aromatic rings. The molecule has 0 unspecified atom stereocenters. The average molecular weight is 473 g/mol. The van der Waals surface area contributed by atoms with Crippen molar-refractivity contribution >= 4 is 23.4 Å². The van der Waals surface area contributed by atoms with Crippen LogP contribution < -0.4 is 4.74 Å². The van der Waals surface area contributed by atoms with Gasteiger partial charge in [0.2, 0.25) is 11.8 Å². The van der Waals surface area contributed by atoms with Crippen molar-refractivity contribution in [1.29, 1.82) is 0 Å². The molecule has 0 N–H and O–H groups in total. The van der Waals surface area contributed by atoms with Crippen LogP contribution in [0.5, 0.6) is 5.75 Å². The molecule has 0 aliphatic carbocycles. The van der Waals surface area contributed by atoms with Gasteiger partial charge in [0.05, 0.1) is 12.6 Å². The lowest BCUT2D eigenvalue weighted by molar-refractivity contribution is -0.164. The Morgan fingerprint density at radius 3 is 2.44 bits per heavy atom. The van der Waals surface area contributed by atoms with Crippen LogP contribution in [0.2, 0.25) is 5.02 Å². The maximum atomic E-state index is 14.2. The average Bonchev–Trinajstić information content (AvgIpc) is 3.14. The maximum Gasteiger partial charge on any atom is 0.249 e. The van der Waals surface area contributed by atoms with Crippen LogP contribution in [0.25, 0.3) is 0 Å². The fourth-order valence-electron chi connectivity index (χ4n) is 6.28. The molecule has 6 heteroatoms. The number of para-hydroxylation sites is 1. The first-order valence-electron chi connectivity index (χ1n) is 11.6. The molecule has 3 aromatic carbocycles. The molecule has 34 heavy (non-hydrogen) atoms. The Labute approximate surface area is 203 Å². The van der Waals surface area contributed by atoms with Gasteiger partial charge < -0.3 is 14.5 Å². The number of carbonyl (C=O) groups excluding carboxylic acids is 2. The fraction of sp³-hybridized carbons (Fsp3) is 0.286. The SMILES string of the molecule is C[C@@]12C(=O)N(Cc3ccc(Cl)cc3)CC(=O)N1[C@H]1c3ccccc3OC[C@@H]1[C@@H]2c1ccccc1. The van der Waals surface area contributed by atoms with E-state index in [2.05, 4.69) is 12.1 Å². The minimum atomic E-state index is -1.01. The van der Waals surface area contributed by atoms with Crippen molar-refractivity contribution in [1.82, 2.24) is 9.80 Å². The number of hydrogen-bond donors (Lipinski definition) is 0. The summed E-state index contributed by atoms with van der Waals surface area (Å²) >= 11 is 6.05. The second-order valence-corrected chi connectivity index (χ2v) is 9.98. The van der Waals surface area contributed by atoms with E-state index in [0.29, 0.717) is 18.2 Å². The van der Waals surface area contributed by atoms with Gasteiger partial charge in [-0.2, -0.15) is 0 Å². The third-order valence-corrected chi connectivity index (χ3v) is 7.90. The minimum Gasteiger partial charge on any atom is -0.493 e. The summed E-state index contributed by atoms with van der Waals surface area (Å²) in [6.07, 6.45) is 0. The summed E-state index contributed by atoms with van der Waals surface area (Å²) < 4.78 is 6.17. The third-order valence-electron chi connectivity index (χ3n) is 7.65. The Bertz CT molecular complexity index is 1260. The van der Waals surface area contributed by atoms with Gasteiger partial charge in [0, 0.05) is 29.0 Å². The first kappa shape index (κ1) is 21.2. The topological polar surface area (TPSA) is 49.9 Å². The Balaban J connectivity index is 1.47. The highest BCUT2D eigenvalue weighted by molar-refractivity contribution is 6.30. The molecule has 0 saturated carbocycles. The lowest BCUT2D eigenvalue weighted by atomic mass is 9.73. The Kier molecular flexibility index (Phi) is 4.92. The molecule has 3 aliphatic heterocycles. The van der Waals surface area contributed by atoms with Crippen LogP contribution in [0.4, 0.5) is 0 Å². The van der Waals surface area contributed by atoms with Gasteiger partial charge in [-0.1, -0.05) is 72.3 Å². The van der Waals surface area contributed by atoms with Crippen molar-refractivity contribution < 1.29 is 14.3 Å². The van der Waals surface area contributed by atoms with Crippen LogP contribution >= 0.6 is 11.6 Å². The number of amides is 2. The van der Waals surface area contributed by atoms with Gasteiger partial charge in [-0.3, -0.25) is 9.59 Å². The maximum absolute atomic E-state index is 14.2. The predicted octanol–water partition coefficient (Wildman–Crippen LogP) is 4.82. The van der Waals surface area contributed by atoms with Crippen molar-refractivity contribution in [2.45, 2.75) is 31.0 Å². The van der Waals surface area contributed by atoms with E-state index in [4.69, 9.17) is 16.3 Å². The smallest absolute Gasteiger partial charge is 0.249 e. The van der Waals surface area contributed by atoms with E-state index in [1.807, 2.05) is 78.6 Å². The van der Waals surface area contributed by atoms with Crippen LogP contribution in [0.1, 0.15) is 35.6 Å². The van der Waals surface area contributed by atoms with E-state index in [1.165, 1.54) is 0 Å². The van der Waals surface area contributed by atoms with Crippen LogP contribution in [-0.4, -0.2) is 40.3 Å². The summed E-state index contributed by atoms with van der Waals surface area (Å²) in [7, 11) is 0. The Morgan fingerprint density at radius 1 is 0.971 bits per heavy atom. The van der Waals surface area contributed by atoms with E-state index in [1.54, 1.807) is 4.90 Å². The standard InChI is InChI=1S/C28H25ClN2O3/c1-28-25(19-7-3-2-4-8-19)22-17-34-23-10-6-5-9-21(23)26(22)31(28)24(32)16-30(27(28)33)15-18-11-13-20(29)14-12-18/h2-14,22,25-26H,15-17H2,1H3/t22-,25+,26+,28-/m1/s1. The molecule has 0 bridgehead atoms. The predicted molar refractivity (Wildman–Crippen MR) is 129 cm³/mol. The zero-order valence-electron chi connectivity index (χ0n) is 18.9. The monoisotopic (exact) mass is 472 g/mol. The highest BCUT2D eigenvalue weighted by Crippen LogP contribution is 2.59. The van der Waals surface area contributed by atoms with Crippen molar-refractivity contribution in [3.8, 4) is 5.75 Å². The van der Waals surface area contributed by atoms with Gasteiger partial charge in [-0.15, -0.1) is 0 Å². The molecule has 0 aromatic heterocycles. The molecule has 5 nitrogen and oxygen atoms in total. The van der Waals surface area contributed by atoms with Crippen molar-refractivity contribution in [3.05, 3.63) is 101 Å². The van der Waals surface area contributed by atoms with Gasteiger partial charge in [0.15, 0.2) is 0 Å². The first-order chi connectivity index (χ1) is 16.5. The first-order valence-corrected chi connectivity index (χ1v) is 12.0. The highest BCUT2D eigenvalue weighted by atomic mass is 35.5. The Morgan fingerprint density at radius 2 is 1.68 bits per heavy atom. The highest BCUT2D eigenvalue weighted by Gasteiger charge is 2.66. The molecule has 0 radical (unpaired) electrons. The summed E-state index contributed by atoms with van der Waals surface area (Å²) in [5.41, 5.74) is 1.97. The quantitative estimate of drug-likeness (QED) is 0.549. The molecular formula is C28H25ClN2O3. The molecule has 3 aliphatic rings. The van der Waals surface area contributed by atoms with Crippen LogP contribution in [0, 0.1) is 5.92 Å². The summed E-state index contributed by atoms with van der Waals surface area (Å²) in [6, 6.07) is 25.2. The van der Waals surface area contributed by atoms with Gasteiger partial charge >= 0.3 is 0 Å². The van der Waals surface area contributed by atoms with E-state index < -0.39 is 5.54 Å². The number of nitrogens with zero attached hydrogens (tertiary/aromatic N) is 2. The van der Waals surface area contributed by atoms with E-state index in [0.717, 1.165) is 22.4 Å². The lowest BCUT2D eigenvalue weighted by Gasteiger charge is -2.47. The number of halogens is 1. The van der Waals surface area contributed by atoms with Gasteiger partial charge in [-0.25, -0.2) is 0 Å². The molecule has 0 spiro atoms. The number of benzene rings is 3. The summed E-state index contributed by atoms with van der Waals surface area (Å²) in [6.45, 7) is 2.84. The van der Waals surface area contributed by atoms with Crippen LogP contribution in [0.15, 0.2) is 78.9 Å². The largest absolute Gasteiger partial charge is 0.493 e. The summed E-state index contributed by atoms with van der Waals surface area (Å²) in [5, 5.41) is 0.644. The summed E-state index contributed by atoms with van der Waals surface area (Å²) in [4.78, 5) is 31.6. The number of hydrogen-bond acceptors (Lipinski definition) is 3. The number of ether oxygens (including phenoxy) is 1. The Hall–Kier alpha value is -3.31. The second kappa shape index (κ2) is 7.88. The zero-order chi connectivity index (χ0) is 23.4. The molecular weight excluding hydrogens is 448 g/mol. The second-order valence-electron chi connectivity index (χ2n) is 9.54. The third kappa shape index (κ3) is 3.07. The van der Waals surface area contributed by atoms with Crippen molar-refractivity contribution in [2.24, 2.45) is 5.92 Å². The lowest BCUT2D eigenvalue weighted by Crippen LogP contribution is -2.65. The van der Waals surface area contributed by atoms with Gasteiger partial charge in [0.25, 0.3) is 0 Å². The van der Waals surface area contributed by atoms with Crippen molar-refractivity contribution in [2.75, 3.05) is 13.2 Å². The summed E-state index contributed by atoms with van der Waals surface area (Å²) in [5.74, 6) is 0.537. The number of carbonyl (C=O) groups is 2. The normalized spacial score (nSPS) is 27.6. The molecule has 2 fully saturated rings. The van der Waals surface area contributed by atoms with Crippen LogP contribution in [0.3, 0.4) is 0 Å². The fourth-order valence-corrected chi connectivity index (χ4v) is 6.41. The zero-order valence-corrected chi connectivity index (χ0v) is 19.6. The van der Waals surface area contributed by atoms with Crippen LogP contribution in [-0.2, 0) is 16.1 Å². The minimum absolute atomic E-state index is 0.0225. The molecule has 4 atom stereocenters. The van der Waals surface area contributed by atoms with Gasteiger partial charge in [0.1, 0.15) is 17.8 Å². The van der Waals surface area contributed by atoms with Crippen molar-refractivity contribution in [3.63, 3.8) is 0 Å². The number of fused-ring (bicyclic) bond motifs is 5. The number of rotatable bonds is 3. The molecule has 2 amide bonds. The molecule has 3 heterocycles.